The van der Waals surface area contributed by atoms with Crippen LogP contribution in [-0.2, 0) is 9.53 Å². The molecule has 5 heteroatoms. The highest BCUT2D eigenvalue weighted by Gasteiger charge is 1.99. The van der Waals surface area contributed by atoms with Gasteiger partial charge in [0.25, 0.3) is 0 Å². The zero-order valence-corrected chi connectivity index (χ0v) is 18.3. The van der Waals surface area contributed by atoms with Crippen LogP contribution in [0.5, 0.6) is 0 Å². The van der Waals surface area contributed by atoms with E-state index in [1.54, 1.807) is 0 Å². The van der Waals surface area contributed by atoms with Gasteiger partial charge in [0.15, 0.2) is 0 Å². The van der Waals surface area contributed by atoms with Crippen LogP contribution in [0.2, 0.25) is 6.04 Å². The second-order valence-electron chi connectivity index (χ2n) is 6.58. The van der Waals surface area contributed by atoms with Gasteiger partial charge in [0.2, 0.25) is 0 Å². The normalized spacial score (nSPS) is 11.0. The van der Waals surface area contributed by atoms with Gasteiger partial charge in [-0.25, -0.2) is 4.79 Å². The minimum absolute atomic E-state index is 0.151. The van der Waals surface area contributed by atoms with Gasteiger partial charge in [-0.1, -0.05) is 96.1 Å². The summed E-state index contributed by atoms with van der Waals surface area (Å²) in [6.07, 6.45) is 19.5. The number of halogens is 2. The quantitative estimate of drug-likeness (QED) is 0.0753. The molecular weight excluding hydrogens is 371 g/mol. The van der Waals surface area contributed by atoms with Gasteiger partial charge in [-0.3, -0.25) is 0 Å². The van der Waals surface area contributed by atoms with Crippen molar-refractivity contribution in [2.24, 2.45) is 0 Å². The maximum Gasteiger partial charge on any atom is 0.330 e. The molecule has 25 heavy (non-hydrogen) atoms. The van der Waals surface area contributed by atoms with Crippen molar-refractivity contribution in [3.8, 4) is 0 Å². The summed E-state index contributed by atoms with van der Waals surface area (Å²) in [7, 11) is 0.706. The number of hydrogen-bond donors (Lipinski definition) is 0. The zero-order valence-electron chi connectivity index (χ0n) is 15.7. The zero-order chi connectivity index (χ0) is 18.6. The highest BCUT2D eigenvalue weighted by molar-refractivity contribution is 6.68. The Labute approximate surface area is 167 Å². The van der Waals surface area contributed by atoms with Crippen LogP contribution < -0.4 is 0 Å². The van der Waals surface area contributed by atoms with Crippen molar-refractivity contribution >= 4 is 38.7 Å². The molecular formula is C20H36Cl2O2Si. The van der Waals surface area contributed by atoms with Crippen LogP contribution >= 0.6 is 23.2 Å². The third kappa shape index (κ3) is 22.0. The monoisotopic (exact) mass is 406 g/mol. The molecule has 0 rings (SSSR count). The molecule has 0 bridgehead atoms. The number of hydrogen-bond acceptors (Lipinski definition) is 2. The predicted octanol–water partition coefficient (Wildman–Crippen LogP) is 7.06. The first-order chi connectivity index (χ1) is 12.2. The van der Waals surface area contributed by atoms with Crippen molar-refractivity contribution < 1.29 is 9.53 Å². The summed E-state index contributed by atoms with van der Waals surface area (Å²) >= 11 is 11.4. The largest absolute Gasteiger partial charge is 0.463 e. The molecule has 0 heterocycles. The summed E-state index contributed by atoms with van der Waals surface area (Å²) in [4.78, 5) is 10.8. The molecule has 0 aromatic rings. The van der Waals surface area contributed by atoms with Crippen LogP contribution in [0.1, 0.15) is 89.9 Å². The first-order valence-corrected chi connectivity index (χ1v) is 12.1. The van der Waals surface area contributed by atoms with Crippen molar-refractivity contribution in [2.45, 2.75) is 100 Å². The highest BCUT2D eigenvalue weighted by Crippen LogP contribution is 2.14. The minimum Gasteiger partial charge on any atom is -0.463 e. The first-order valence-electron chi connectivity index (χ1n) is 9.97. The molecule has 0 aromatic carbocycles. The van der Waals surface area contributed by atoms with E-state index in [0.717, 1.165) is 12.8 Å². The topological polar surface area (TPSA) is 26.3 Å². The lowest BCUT2D eigenvalue weighted by atomic mass is 10.0. The van der Waals surface area contributed by atoms with Crippen molar-refractivity contribution in [1.82, 2.24) is 0 Å². The summed E-state index contributed by atoms with van der Waals surface area (Å²) in [5.41, 5.74) is 0. The second-order valence-corrected chi connectivity index (χ2v) is 9.89. The minimum atomic E-state index is -0.309. The van der Waals surface area contributed by atoms with E-state index in [-0.39, 0.29) is 10.4 Å². The van der Waals surface area contributed by atoms with Gasteiger partial charge >= 0.3 is 5.97 Å². The number of ether oxygens (including phenoxy) is 1. The Morgan fingerprint density at radius 2 is 1.20 bits per heavy atom. The van der Waals surface area contributed by atoms with Crippen molar-refractivity contribution in [3.05, 3.63) is 12.7 Å². The first kappa shape index (κ1) is 25.0. The Kier molecular flexibility index (Phi) is 20.3. The summed E-state index contributed by atoms with van der Waals surface area (Å²) in [6.45, 7) is 3.91. The standard InChI is InChI=1S/C20H36Cl2O2Si/c1-2-19(23)24-17-15-13-11-9-7-5-3-4-6-8-10-12-14-16-18-25-20(21)22/h2,20H,1,3-18H2. The molecule has 0 aliphatic heterocycles. The molecule has 0 saturated carbocycles. The summed E-state index contributed by atoms with van der Waals surface area (Å²) in [5.74, 6) is -0.309. The van der Waals surface area contributed by atoms with Crippen LogP contribution in [0.15, 0.2) is 12.7 Å². The van der Waals surface area contributed by atoms with Crippen LogP contribution in [0.4, 0.5) is 0 Å². The number of alkyl halides is 2. The molecule has 0 aliphatic carbocycles. The third-order valence-corrected chi connectivity index (χ3v) is 6.16. The van der Waals surface area contributed by atoms with Crippen molar-refractivity contribution in [1.29, 1.82) is 0 Å². The average molecular weight is 407 g/mol. The summed E-state index contributed by atoms with van der Waals surface area (Å²) < 4.78 is 4.80. The van der Waals surface area contributed by atoms with E-state index in [9.17, 15) is 4.79 Å². The molecule has 0 aliphatic rings. The molecule has 0 saturated heterocycles. The molecule has 2 nitrogen and oxygen atoms in total. The Morgan fingerprint density at radius 1 is 0.800 bits per heavy atom. The van der Waals surface area contributed by atoms with Crippen LogP contribution in [0, 0.1) is 0 Å². The third-order valence-electron chi connectivity index (χ3n) is 4.28. The maximum absolute atomic E-state index is 10.8. The predicted molar refractivity (Wildman–Crippen MR) is 112 cm³/mol. The number of rotatable bonds is 19. The Balaban J connectivity index is 3.03. The molecule has 0 unspecified atom stereocenters. The summed E-state index contributed by atoms with van der Waals surface area (Å²) in [5, 5.41) is 0. The van der Waals surface area contributed by atoms with Crippen molar-refractivity contribution in [3.63, 3.8) is 0 Å². The van der Waals surface area contributed by atoms with E-state index in [1.807, 2.05) is 0 Å². The number of esters is 1. The van der Waals surface area contributed by atoms with E-state index >= 15 is 0 Å². The van der Waals surface area contributed by atoms with Gasteiger partial charge in [0.05, 0.1) is 20.6 Å². The van der Waals surface area contributed by atoms with E-state index in [4.69, 9.17) is 27.9 Å². The molecule has 0 fully saturated rings. The lowest BCUT2D eigenvalue weighted by Crippen LogP contribution is -2.01. The fourth-order valence-electron chi connectivity index (χ4n) is 2.79. The van der Waals surface area contributed by atoms with Crippen molar-refractivity contribution in [2.75, 3.05) is 6.61 Å². The molecule has 0 atom stereocenters. The van der Waals surface area contributed by atoms with Gasteiger partial charge < -0.3 is 4.74 Å². The van der Waals surface area contributed by atoms with E-state index in [2.05, 4.69) is 6.58 Å². The molecule has 0 amide bonds. The van der Waals surface area contributed by atoms with Gasteiger partial charge in [0, 0.05) is 6.08 Å². The van der Waals surface area contributed by atoms with Gasteiger partial charge in [-0.15, -0.1) is 23.2 Å². The highest BCUT2D eigenvalue weighted by atomic mass is 35.5. The smallest absolute Gasteiger partial charge is 0.330 e. The van der Waals surface area contributed by atoms with Crippen LogP contribution in [0.3, 0.4) is 0 Å². The van der Waals surface area contributed by atoms with Crippen LogP contribution in [0.25, 0.3) is 0 Å². The van der Waals surface area contributed by atoms with E-state index < -0.39 is 0 Å². The molecule has 0 spiro atoms. The lowest BCUT2D eigenvalue weighted by Gasteiger charge is -2.04. The van der Waals surface area contributed by atoms with E-state index in [1.165, 1.54) is 89.2 Å². The average Bonchev–Trinajstić information content (AvgIpc) is 2.60. The Bertz CT molecular complexity index is 312. The molecule has 0 aromatic heterocycles. The number of carbonyl (C=O) groups excluding carboxylic acids is 1. The van der Waals surface area contributed by atoms with E-state index in [0.29, 0.717) is 16.1 Å². The Hall–Kier alpha value is 0.00688. The summed E-state index contributed by atoms with van der Waals surface area (Å²) in [6, 6.07) is 1.19. The maximum atomic E-state index is 10.8. The molecule has 2 radical (unpaired) electrons. The van der Waals surface area contributed by atoms with Gasteiger partial charge in [-0.05, 0) is 6.42 Å². The van der Waals surface area contributed by atoms with Gasteiger partial charge in [0.1, 0.15) is 0 Å². The fourth-order valence-corrected chi connectivity index (χ4v) is 4.12. The molecule has 146 valence electrons. The van der Waals surface area contributed by atoms with Gasteiger partial charge in [-0.2, -0.15) is 0 Å². The number of carbonyl (C=O) groups is 1. The second kappa shape index (κ2) is 20.3. The number of unbranched alkanes of at least 4 members (excludes halogenated alkanes) is 13. The SMILES string of the molecule is C=CC(=O)OCCCCCCCCCCCCCCCC[Si]C(Cl)Cl. The Morgan fingerprint density at radius 3 is 1.60 bits per heavy atom. The molecule has 0 N–H and O–H groups in total. The van der Waals surface area contributed by atoms with Crippen LogP contribution in [-0.4, -0.2) is 26.6 Å². The fraction of sp³-hybridized carbons (Fsp3) is 0.850. The lowest BCUT2D eigenvalue weighted by molar-refractivity contribution is -0.137.